The van der Waals surface area contributed by atoms with Crippen LogP contribution < -0.4 is 15.6 Å². The zero-order valence-corrected chi connectivity index (χ0v) is 15.4. The molecule has 0 aliphatic heterocycles. The van der Waals surface area contributed by atoms with Crippen molar-refractivity contribution in [2.75, 3.05) is 5.32 Å². The highest BCUT2D eigenvalue weighted by Crippen LogP contribution is 2.42. The summed E-state index contributed by atoms with van der Waals surface area (Å²) < 4.78 is 5.83. The van der Waals surface area contributed by atoms with E-state index in [2.05, 4.69) is 33.3 Å². The molecule has 4 rings (SSSR count). The van der Waals surface area contributed by atoms with Crippen LogP contribution in [-0.4, -0.2) is 11.2 Å². The zero-order valence-electron chi connectivity index (χ0n) is 14.6. The van der Waals surface area contributed by atoms with Gasteiger partial charge < -0.3 is 5.32 Å². The molecule has 0 radical (unpaired) electrons. The number of aromatic amines is 1. The Balaban J connectivity index is 1.63. The minimum Gasteiger partial charge on any atom is -0.307 e. The summed E-state index contributed by atoms with van der Waals surface area (Å²) in [7, 11) is 1.51. The Morgan fingerprint density at radius 2 is 2.19 bits per heavy atom. The van der Waals surface area contributed by atoms with E-state index in [1.54, 1.807) is 0 Å². The number of amides is 1. The van der Waals surface area contributed by atoms with Crippen LogP contribution in [0.15, 0.2) is 39.6 Å². The van der Waals surface area contributed by atoms with Crippen LogP contribution in [0.4, 0.5) is 5.00 Å². The number of aryl methyl sites for hydroxylation is 1. The van der Waals surface area contributed by atoms with Crippen molar-refractivity contribution in [2.24, 2.45) is 7.05 Å². The molecule has 1 unspecified atom stereocenters. The Morgan fingerprint density at radius 1 is 1.41 bits per heavy atom. The number of nitrogens with one attached hydrogen (secondary N) is 2. The Morgan fingerprint density at radius 3 is 2.85 bits per heavy atom. The van der Waals surface area contributed by atoms with Gasteiger partial charge in [0.15, 0.2) is 7.05 Å². The van der Waals surface area contributed by atoms with E-state index in [-0.39, 0.29) is 5.69 Å². The third kappa shape index (κ3) is 3.06. The van der Waals surface area contributed by atoms with Crippen molar-refractivity contribution in [1.29, 1.82) is 5.26 Å². The number of carbonyl (C=O) groups excluding carboxylic acids is 1. The molecule has 27 heavy (non-hydrogen) atoms. The number of anilines is 1. The molecular formula is C19H17N4O3S+. The van der Waals surface area contributed by atoms with Crippen molar-refractivity contribution in [3.8, 4) is 6.07 Å². The van der Waals surface area contributed by atoms with Crippen LogP contribution in [0, 0.1) is 11.3 Å². The molecule has 2 N–H and O–H groups in total. The fraction of sp³-hybridized carbons (Fsp3) is 0.263. The molecule has 0 saturated heterocycles. The van der Waals surface area contributed by atoms with Gasteiger partial charge >= 0.3 is 17.2 Å². The van der Waals surface area contributed by atoms with Crippen molar-refractivity contribution in [3.63, 3.8) is 0 Å². The summed E-state index contributed by atoms with van der Waals surface area (Å²) in [5.41, 5.74) is 1.90. The average Bonchev–Trinajstić information content (AvgIpc) is 3.20. The number of fused-ring (bicyclic) bond motifs is 1. The number of hydrogen-bond acceptors (Lipinski definition) is 5. The number of H-pyrrole nitrogens is 1. The molecule has 0 bridgehead atoms. The van der Waals surface area contributed by atoms with Gasteiger partial charge in [-0.05, 0) is 41.6 Å². The summed E-state index contributed by atoms with van der Waals surface area (Å²) in [5.74, 6) is -0.191. The number of hydrogen-bond donors (Lipinski definition) is 2. The highest BCUT2D eigenvalue weighted by Gasteiger charge is 2.31. The molecule has 0 fully saturated rings. The summed E-state index contributed by atoms with van der Waals surface area (Å²) >= 11 is 1.42. The molecule has 1 aliphatic carbocycles. The lowest BCUT2D eigenvalue weighted by atomic mass is 9.83. The third-order valence-electron chi connectivity index (χ3n) is 4.89. The Hall–Kier alpha value is -3.18. The zero-order chi connectivity index (χ0) is 19.0. The van der Waals surface area contributed by atoms with Gasteiger partial charge in [0.1, 0.15) is 11.1 Å². The van der Waals surface area contributed by atoms with Gasteiger partial charge in [0.25, 0.3) is 0 Å². The van der Waals surface area contributed by atoms with E-state index < -0.39 is 11.5 Å². The van der Waals surface area contributed by atoms with Crippen molar-refractivity contribution >= 4 is 22.2 Å². The van der Waals surface area contributed by atoms with E-state index in [9.17, 15) is 14.9 Å². The molecule has 1 aliphatic rings. The van der Waals surface area contributed by atoms with Gasteiger partial charge in [-0.25, -0.2) is 4.79 Å². The molecule has 1 atom stereocenters. The number of benzene rings is 1. The number of aromatic nitrogens is 2. The van der Waals surface area contributed by atoms with Gasteiger partial charge in [0.2, 0.25) is 0 Å². The molecule has 0 spiro atoms. The van der Waals surface area contributed by atoms with E-state index in [0.29, 0.717) is 16.5 Å². The fourth-order valence-electron chi connectivity index (χ4n) is 3.55. The first kappa shape index (κ1) is 17.2. The second-order valence-corrected chi connectivity index (χ2v) is 7.62. The van der Waals surface area contributed by atoms with Gasteiger partial charge in [0.05, 0.1) is 5.56 Å². The third-order valence-corrected chi connectivity index (χ3v) is 6.06. The van der Waals surface area contributed by atoms with E-state index in [0.717, 1.165) is 29.7 Å². The number of rotatable bonds is 3. The number of nitriles is 1. The second kappa shape index (κ2) is 6.85. The molecule has 3 aromatic rings. The highest BCUT2D eigenvalue weighted by molar-refractivity contribution is 7.16. The summed E-state index contributed by atoms with van der Waals surface area (Å²) in [6, 6.07) is 12.5. The maximum atomic E-state index is 12.5. The number of thiophene rings is 1. The largest absolute Gasteiger partial charge is 0.440 e. The Kier molecular flexibility index (Phi) is 4.38. The molecule has 0 saturated carbocycles. The van der Waals surface area contributed by atoms with Gasteiger partial charge in [-0.1, -0.05) is 35.0 Å². The van der Waals surface area contributed by atoms with Gasteiger partial charge in [-0.2, -0.15) is 5.26 Å². The molecule has 1 amide bonds. The summed E-state index contributed by atoms with van der Waals surface area (Å²) in [4.78, 5) is 25.3. The molecule has 1 aromatic carbocycles. The van der Waals surface area contributed by atoms with Crippen LogP contribution >= 0.6 is 11.3 Å². The minimum atomic E-state index is -0.751. The molecule has 7 nitrogen and oxygen atoms in total. The van der Waals surface area contributed by atoms with Crippen LogP contribution in [0.2, 0.25) is 0 Å². The Labute approximate surface area is 158 Å². The smallest absolute Gasteiger partial charge is 0.307 e. The Bertz CT molecular complexity index is 1100. The fourth-order valence-corrected chi connectivity index (χ4v) is 4.82. The first-order valence-corrected chi connectivity index (χ1v) is 9.38. The SMILES string of the molecule is C[n+]1[nH]oc(=O)c1C(=O)Nc1sc2c(c1C#N)CCC(c1ccccc1)C2. The maximum Gasteiger partial charge on any atom is 0.440 e. The summed E-state index contributed by atoms with van der Waals surface area (Å²) in [6.07, 6.45) is 2.60. The maximum absolute atomic E-state index is 12.5. The van der Waals surface area contributed by atoms with Crippen LogP contribution in [0.25, 0.3) is 0 Å². The van der Waals surface area contributed by atoms with Crippen molar-refractivity contribution in [2.45, 2.75) is 25.2 Å². The van der Waals surface area contributed by atoms with Crippen LogP contribution in [0.5, 0.6) is 0 Å². The highest BCUT2D eigenvalue weighted by atomic mass is 32.1. The van der Waals surface area contributed by atoms with Crippen molar-refractivity contribution in [3.05, 3.63) is 68.0 Å². The number of carbonyl (C=O) groups is 1. The average molecular weight is 381 g/mol. The van der Waals surface area contributed by atoms with E-state index >= 15 is 0 Å². The predicted octanol–water partition coefficient (Wildman–Crippen LogP) is 2.25. The molecule has 2 aromatic heterocycles. The molecule has 2 heterocycles. The molecule has 136 valence electrons. The van der Waals surface area contributed by atoms with Gasteiger partial charge in [-0.3, -0.25) is 9.32 Å². The van der Waals surface area contributed by atoms with Crippen molar-refractivity contribution < 1.29 is 14.0 Å². The predicted molar refractivity (Wildman–Crippen MR) is 98.7 cm³/mol. The van der Waals surface area contributed by atoms with Gasteiger partial charge in [-0.15, -0.1) is 11.3 Å². The first-order valence-electron chi connectivity index (χ1n) is 8.57. The normalized spacial score (nSPS) is 15.8. The molecular weight excluding hydrogens is 364 g/mol. The quantitative estimate of drug-likeness (QED) is 0.679. The van der Waals surface area contributed by atoms with Crippen LogP contribution in [0.1, 0.15) is 44.4 Å². The van der Waals surface area contributed by atoms with Crippen LogP contribution in [-0.2, 0) is 19.9 Å². The first-order chi connectivity index (χ1) is 13.1. The number of nitrogens with zero attached hydrogens (tertiary/aromatic N) is 2. The van der Waals surface area contributed by atoms with Crippen molar-refractivity contribution in [1.82, 2.24) is 5.27 Å². The van der Waals surface area contributed by atoms with Crippen LogP contribution in [0.3, 0.4) is 0 Å². The minimum absolute atomic E-state index is 0.146. The lowest BCUT2D eigenvalue weighted by molar-refractivity contribution is -0.741. The van der Waals surface area contributed by atoms with E-state index in [4.69, 9.17) is 0 Å². The topological polar surface area (TPSA) is 103 Å². The lowest BCUT2D eigenvalue weighted by Crippen LogP contribution is -2.41. The summed E-state index contributed by atoms with van der Waals surface area (Å²) in [6.45, 7) is 0. The standard InChI is InChI=1S/C19H16N4O3S/c1-23-16(19(25)26-22-23)17(24)21-18-14(10-20)13-8-7-12(9-15(13)27-18)11-5-3-2-4-6-11/h2-6,12H,7-9H2,1H3,(H-,21,22,24,25)/p+1. The second-order valence-electron chi connectivity index (χ2n) is 6.51. The van der Waals surface area contributed by atoms with E-state index in [1.165, 1.54) is 28.6 Å². The summed E-state index contributed by atoms with van der Waals surface area (Å²) in [5, 5.41) is 15.1. The van der Waals surface area contributed by atoms with Gasteiger partial charge in [0, 0.05) is 4.88 Å². The molecule has 8 heteroatoms. The monoisotopic (exact) mass is 381 g/mol. The van der Waals surface area contributed by atoms with E-state index in [1.807, 2.05) is 18.2 Å². The lowest BCUT2D eigenvalue weighted by Gasteiger charge is -2.22.